The minimum atomic E-state index is -0.511. The summed E-state index contributed by atoms with van der Waals surface area (Å²) in [5, 5.41) is 14.0. The fraction of sp³-hybridized carbons (Fsp3) is 0.316. The number of rotatable bonds is 6. The van der Waals surface area contributed by atoms with E-state index in [1.807, 2.05) is 32.0 Å². The fourth-order valence-electron chi connectivity index (χ4n) is 2.75. The Balaban J connectivity index is 2.36. The molecule has 1 atom stereocenters. The third-order valence-electron chi connectivity index (χ3n) is 4.12. The molecule has 0 radical (unpaired) electrons. The SMILES string of the molecule is COc1ccc(C)cc1C(C)NC(=O)c1cc([N+](=O)[O-])ccc1N(C)C. The Labute approximate surface area is 152 Å². The monoisotopic (exact) mass is 357 g/mol. The van der Waals surface area contributed by atoms with Crippen LogP contribution < -0.4 is 15.0 Å². The number of methoxy groups -OCH3 is 1. The van der Waals surface area contributed by atoms with E-state index in [-0.39, 0.29) is 23.2 Å². The maximum Gasteiger partial charge on any atom is 0.270 e. The Morgan fingerprint density at radius 3 is 2.50 bits per heavy atom. The molecule has 2 rings (SSSR count). The molecule has 0 saturated carbocycles. The van der Waals surface area contributed by atoms with Crippen LogP contribution in [0.5, 0.6) is 5.75 Å². The average molecular weight is 357 g/mol. The van der Waals surface area contributed by atoms with Crippen molar-refractivity contribution in [3.8, 4) is 5.75 Å². The van der Waals surface area contributed by atoms with E-state index in [0.29, 0.717) is 11.4 Å². The summed E-state index contributed by atoms with van der Waals surface area (Å²) in [6.45, 7) is 3.81. The van der Waals surface area contributed by atoms with Crippen LogP contribution in [0.25, 0.3) is 0 Å². The van der Waals surface area contributed by atoms with Gasteiger partial charge in [-0.05, 0) is 26.0 Å². The van der Waals surface area contributed by atoms with Gasteiger partial charge in [-0.3, -0.25) is 14.9 Å². The second kappa shape index (κ2) is 7.86. The molecule has 1 unspecified atom stereocenters. The quantitative estimate of drug-likeness (QED) is 0.632. The highest BCUT2D eigenvalue weighted by Gasteiger charge is 2.21. The van der Waals surface area contributed by atoms with Gasteiger partial charge in [0.1, 0.15) is 5.75 Å². The zero-order chi connectivity index (χ0) is 19.4. The summed E-state index contributed by atoms with van der Waals surface area (Å²) >= 11 is 0. The maximum atomic E-state index is 12.8. The van der Waals surface area contributed by atoms with Crippen molar-refractivity contribution in [2.24, 2.45) is 0 Å². The van der Waals surface area contributed by atoms with Gasteiger partial charge >= 0.3 is 0 Å². The fourth-order valence-corrected chi connectivity index (χ4v) is 2.75. The number of benzene rings is 2. The number of carbonyl (C=O) groups is 1. The van der Waals surface area contributed by atoms with Crippen LogP contribution >= 0.6 is 0 Å². The van der Waals surface area contributed by atoms with E-state index in [1.54, 1.807) is 32.2 Å². The Kier molecular flexibility index (Phi) is 5.82. The van der Waals surface area contributed by atoms with Gasteiger partial charge in [0.2, 0.25) is 0 Å². The lowest BCUT2D eigenvalue weighted by molar-refractivity contribution is -0.384. The van der Waals surface area contributed by atoms with Crippen molar-refractivity contribution < 1.29 is 14.5 Å². The van der Waals surface area contributed by atoms with E-state index in [4.69, 9.17) is 4.74 Å². The highest BCUT2D eigenvalue weighted by atomic mass is 16.6. The number of non-ortho nitro benzene ring substituents is 1. The zero-order valence-corrected chi connectivity index (χ0v) is 15.6. The second-order valence-corrected chi connectivity index (χ2v) is 6.29. The van der Waals surface area contributed by atoms with Crippen LogP contribution in [0.2, 0.25) is 0 Å². The van der Waals surface area contributed by atoms with Gasteiger partial charge in [0.05, 0.1) is 23.6 Å². The number of nitrogens with one attached hydrogen (secondary N) is 1. The molecule has 0 aliphatic heterocycles. The zero-order valence-electron chi connectivity index (χ0n) is 15.6. The maximum absolute atomic E-state index is 12.8. The second-order valence-electron chi connectivity index (χ2n) is 6.29. The first-order valence-corrected chi connectivity index (χ1v) is 8.15. The Hall–Kier alpha value is -3.09. The van der Waals surface area contributed by atoms with Crippen molar-refractivity contribution in [1.82, 2.24) is 5.32 Å². The molecular formula is C19H23N3O4. The molecule has 7 nitrogen and oxygen atoms in total. The van der Waals surface area contributed by atoms with Crippen LogP contribution in [0.3, 0.4) is 0 Å². The van der Waals surface area contributed by atoms with Crippen molar-refractivity contribution in [3.63, 3.8) is 0 Å². The summed E-state index contributed by atoms with van der Waals surface area (Å²) < 4.78 is 5.37. The summed E-state index contributed by atoms with van der Waals surface area (Å²) in [7, 11) is 5.14. The van der Waals surface area contributed by atoms with E-state index in [2.05, 4.69) is 5.32 Å². The lowest BCUT2D eigenvalue weighted by Gasteiger charge is -2.21. The third kappa shape index (κ3) is 4.11. The number of aryl methyl sites for hydroxylation is 1. The Morgan fingerprint density at radius 2 is 1.92 bits per heavy atom. The van der Waals surface area contributed by atoms with Gasteiger partial charge < -0.3 is 15.0 Å². The third-order valence-corrected chi connectivity index (χ3v) is 4.12. The van der Waals surface area contributed by atoms with Crippen molar-refractivity contribution in [3.05, 3.63) is 63.2 Å². The molecule has 1 amide bonds. The van der Waals surface area contributed by atoms with Crippen LogP contribution in [-0.2, 0) is 0 Å². The molecule has 0 saturated heterocycles. The summed E-state index contributed by atoms with van der Waals surface area (Å²) in [5.74, 6) is 0.295. The predicted molar refractivity (Wildman–Crippen MR) is 101 cm³/mol. The number of nitrogens with zero attached hydrogens (tertiary/aromatic N) is 2. The Bertz CT molecular complexity index is 834. The van der Waals surface area contributed by atoms with E-state index in [9.17, 15) is 14.9 Å². The van der Waals surface area contributed by atoms with E-state index in [1.165, 1.54) is 12.1 Å². The number of amides is 1. The molecule has 138 valence electrons. The number of hydrogen-bond acceptors (Lipinski definition) is 5. The van der Waals surface area contributed by atoms with Crippen LogP contribution in [0.15, 0.2) is 36.4 Å². The molecule has 0 heterocycles. The molecule has 1 N–H and O–H groups in total. The molecule has 2 aromatic rings. The van der Waals surface area contributed by atoms with Crippen molar-refractivity contribution >= 4 is 17.3 Å². The van der Waals surface area contributed by atoms with E-state index in [0.717, 1.165) is 11.1 Å². The lowest BCUT2D eigenvalue weighted by Crippen LogP contribution is -2.28. The van der Waals surface area contributed by atoms with Crippen molar-refractivity contribution in [1.29, 1.82) is 0 Å². The van der Waals surface area contributed by atoms with Crippen LogP contribution in [-0.4, -0.2) is 32.0 Å². The minimum Gasteiger partial charge on any atom is -0.496 e. The number of hydrogen-bond donors (Lipinski definition) is 1. The normalized spacial score (nSPS) is 11.6. The summed E-state index contributed by atoms with van der Waals surface area (Å²) in [6, 6.07) is 9.67. The summed E-state index contributed by atoms with van der Waals surface area (Å²) in [6.07, 6.45) is 0. The van der Waals surface area contributed by atoms with Crippen molar-refractivity contribution in [2.45, 2.75) is 19.9 Å². The standard InChI is InChI=1S/C19H23N3O4/c1-12-6-9-18(26-5)15(10-12)13(2)20-19(23)16-11-14(22(24)25)7-8-17(16)21(3)4/h6-11,13H,1-5H3,(H,20,23). The van der Waals surface area contributed by atoms with Gasteiger partial charge in [0.25, 0.3) is 11.6 Å². The average Bonchev–Trinajstić information content (AvgIpc) is 2.60. The summed E-state index contributed by atoms with van der Waals surface area (Å²) in [5.41, 5.74) is 2.63. The first kappa shape index (κ1) is 19.2. The van der Waals surface area contributed by atoms with Crippen LogP contribution in [0, 0.1) is 17.0 Å². The number of ether oxygens (including phenoxy) is 1. The molecule has 26 heavy (non-hydrogen) atoms. The van der Waals surface area contributed by atoms with E-state index < -0.39 is 4.92 Å². The molecule has 2 aromatic carbocycles. The topological polar surface area (TPSA) is 84.7 Å². The number of nitro benzene ring substituents is 1. The number of carbonyl (C=O) groups excluding carboxylic acids is 1. The van der Waals surface area contributed by atoms with Gasteiger partial charge in [-0.15, -0.1) is 0 Å². The number of anilines is 1. The van der Waals surface area contributed by atoms with Gasteiger partial charge in [0, 0.05) is 37.5 Å². The van der Waals surface area contributed by atoms with Gasteiger partial charge in [-0.2, -0.15) is 0 Å². The largest absolute Gasteiger partial charge is 0.496 e. The molecule has 0 bridgehead atoms. The van der Waals surface area contributed by atoms with Crippen LogP contribution in [0.1, 0.15) is 34.5 Å². The minimum absolute atomic E-state index is 0.124. The summed E-state index contributed by atoms with van der Waals surface area (Å²) in [4.78, 5) is 25.1. The molecule has 0 aliphatic rings. The van der Waals surface area contributed by atoms with Crippen molar-refractivity contribution in [2.75, 3.05) is 26.1 Å². The van der Waals surface area contributed by atoms with Gasteiger partial charge in [-0.25, -0.2) is 0 Å². The van der Waals surface area contributed by atoms with Gasteiger partial charge in [-0.1, -0.05) is 17.7 Å². The molecule has 0 spiro atoms. The van der Waals surface area contributed by atoms with E-state index >= 15 is 0 Å². The lowest BCUT2D eigenvalue weighted by atomic mass is 10.0. The first-order valence-electron chi connectivity index (χ1n) is 8.15. The molecule has 0 aliphatic carbocycles. The predicted octanol–water partition coefficient (Wildman–Crippen LogP) is 3.47. The van der Waals surface area contributed by atoms with Gasteiger partial charge in [0.15, 0.2) is 0 Å². The highest BCUT2D eigenvalue weighted by molar-refractivity contribution is 6.00. The molecule has 0 fully saturated rings. The first-order chi connectivity index (χ1) is 12.2. The molecular weight excluding hydrogens is 334 g/mol. The smallest absolute Gasteiger partial charge is 0.270 e. The number of nitro groups is 1. The van der Waals surface area contributed by atoms with Crippen LogP contribution in [0.4, 0.5) is 11.4 Å². The molecule has 7 heteroatoms. The molecule has 0 aromatic heterocycles. The Morgan fingerprint density at radius 1 is 1.23 bits per heavy atom. The highest BCUT2D eigenvalue weighted by Crippen LogP contribution is 2.28.